The van der Waals surface area contributed by atoms with E-state index < -0.39 is 0 Å². The Morgan fingerprint density at radius 3 is 2.17 bits per heavy atom. The van der Waals surface area contributed by atoms with E-state index in [1.165, 1.54) is 11.4 Å². The lowest BCUT2D eigenvalue weighted by atomic mass is 9.79. The lowest BCUT2D eigenvalue weighted by molar-refractivity contribution is -0.528. The molecule has 0 spiro atoms. The molecule has 2 nitrogen and oxygen atoms in total. The van der Waals surface area contributed by atoms with Gasteiger partial charge in [-0.25, -0.2) is 0 Å². The van der Waals surface area contributed by atoms with Gasteiger partial charge in [-0.3, -0.25) is 0 Å². The van der Waals surface area contributed by atoms with E-state index in [9.17, 15) is 0 Å². The summed E-state index contributed by atoms with van der Waals surface area (Å²) in [5.41, 5.74) is 2.87. The van der Waals surface area contributed by atoms with Crippen molar-refractivity contribution in [3.8, 4) is 0 Å². The molecular weight excluding hydrogens is 148 g/mol. The van der Waals surface area contributed by atoms with Gasteiger partial charge in [-0.1, -0.05) is 11.6 Å². The van der Waals surface area contributed by atoms with E-state index in [1.807, 2.05) is 0 Å². The van der Waals surface area contributed by atoms with Gasteiger partial charge in [0.1, 0.15) is 0 Å². The maximum Gasteiger partial charge on any atom is 0.193 e. The summed E-state index contributed by atoms with van der Waals surface area (Å²) in [6.45, 7) is 11.9. The molecule has 0 saturated carbocycles. The summed E-state index contributed by atoms with van der Waals surface area (Å²) in [6.07, 6.45) is 1.14. The molecule has 68 valence electrons. The average molecular weight is 167 g/mol. The van der Waals surface area contributed by atoms with Crippen LogP contribution in [0.3, 0.4) is 0 Å². The summed E-state index contributed by atoms with van der Waals surface area (Å²) in [5, 5.41) is 4.52. The molecule has 1 heterocycles. The monoisotopic (exact) mass is 167 g/mol. The Labute approximate surface area is 75.0 Å². The van der Waals surface area contributed by atoms with Gasteiger partial charge in [0.05, 0.1) is 11.1 Å². The maximum atomic E-state index is 4.52. The third-order valence-corrected chi connectivity index (χ3v) is 3.26. The molecule has 0 N–H and O–H groups in total. The standard InChI is InChI=1S/C10H19N2/c1-6-10(5)8(3)11-12(7-2)9(10)4/h6-7H2,1-5H3/q+1. The molecule has 0 amide bonds. The highest BCUT2D eigenvalue weighted by atomic mass is 15.4. The molecule has 1 aliphatic rings. The predicted molar refractivity (Wildman–Crippen MR) is 53.0 cm³/mol. The fourth-order valence-electron chi connectivity index (χ4n) is 1.73. The molecule has 2 heteroatoms. The van der Waals surface area contributed by atoms with Crippen LogP contribution < -0.4 is 0 Å². The van der Waals surface area contributed by atoms with Crippen molar-refractivity contribution >= 4 is 11.4 Å². The quantitative estimate of drug-likeness (QED) is 0.561. The first-order valence-corrected chi connectivity index (χ1v) is 4.73. The zero-order valence-electron chi connectivity index (χ0n) is 8.81. The van der Waals surface area contributed by atoms with Crippen molar-refractivity contribution in [2.24, 2.45) is 10.5 Å². The van der Waals surface area contributed by atoms with E-state index in [2.05, 4.69) is 44.4 Å². The summed E-state index contributed by atoms with van der Waals surface area (Å²) in [6, 6.07) is 0. The molecule has 0 aliphatic carbocycles. The predicted octanol–water partition coefficient (Wildman–Crippen LogP) is 2.29. The summed E-state index contributed by atoms with van der Waals surface area (Å²) in [5.74, 6) is 0. The Bertz CT molecular complexity index is 251. The van der Waals surface area contributed by atoms with Crippen molar-refractivity contribution in [2.45, 2.75) is 41.0 Å². The van der Waals surface area contributed by atoms with Crippen LogP contribution in [0.4, 0.5) is 0 Å². The number of rotatable bonds is 2. The van der Waals surface area contributed by atoms with Gasteiger partial charge >= 0.3 is 0 Å². The van der Waals surface area contributed by atoms with Gasteiger partial charge < -0.3 is 0 Å². The van der Waals surface area contributed by atoms with Crippen LogP contribution in [0.2, 0.25) is 0 Å². The van der Waals surface area contributed by atoms with Crippen molar-refractivity contribution in [2.75, 3.05) is 6.54 Å². The number of hydrogen-bond donors (Lipinski definition) is 0. The Kier molecular flexibility index (Phi) is 2.36. The van der Waals surface area contributed by atoms with Gasteiger partial charge in [-0.15, -0.1) is 0 Å². The summed E-state index contributed by atoms with van der Waals surface area (Å²) in [4.78, 5) is 0. The highest BCUT2D eigenvalue weighted by Crippen LogP contribution is 2.29. The number of hydrazone groups is 1. The minimum atomic E-state index is 0.218. The lowest BCUT2D eigenvalue weighted by Crippen LogP contribution is -2.31. The van der Waals surface area contributed by atoms with Crippen molar-refractivity contribution < 1.29 is 4.68 Å². The molecule has 0 aromatic heterocycles. The van der Waals surface area contributed by atoms with Gasteiger partial charge in [-0.05, 0) is 32.3 Å². The molecule has 1 aliphatic heterocycles. The summed E-state index contributed by atoms with van der Waals surface area (Å²) in [7, 11) is 0. The van der Waals surface area contributed by atoms with Crippen molar-refractivity contribution in [3.63, 3.8) is 0 Å². The van der Waals surface area contributed by atoms with Gasteiger partial charge in [-0.2, -0.15) is 0 Å². The molecule has 0 aromatic carbocycles. The number of nitrogens with zero attached hydrogens (tertiary/aromatic N) is 2. The highest BCUT2D eigenvalue weighted by molar-refractivity contribution is 6.09. The van der Waals surface area contributed by atoms with Crippen LogP contribution in [0.15, 0.2) is 5.10 Å². The molecule has 0 saturated heterocycles. The zero-order valence-corrected chi connectivity index (χ0v) is 8.81. The van der Waals surface area contributed by atoms with E-state index >= 15 is 0 Å². The second kappa shape index (κ2) is 3.00. The molecule has 0 radical (unpaired) electrons. The van der Waals surface area contributed by atoms with E-state index in [4.69, 9.17) is 0 Å². The third kappa shape index (κ3) is 1.10. The molecule has 1 atom stereocenters. The fourth-order valence-corrected chi connectivity index (χ4v) is 1.73. The topological polar surface area (TPSA) is 15.4 Å². The second-order valence-corrected chi connectivity index (χ2v) is 3.67. The summed E-state index contributed by atoms with van der Waals surface area (Å²) >= 11 is 0. The first-order chi connectivity index (χ1) is 5.56. The highest BCUT2D eigenvalue weighted by Gasteiger charge is 2.41. The van der Waals surface area contributed by atoms with Crippen LogP contribution >= 0.6 is 0 Å². The Hall–Kier alpha value is -0.660. The van der Waals surface area contributed by atoms with Gasteiger partial charge in [0, 0.05) is 6.92 Å². The van der Waals surface area contributed by atoms with Gasteiger partial charge in [0.2, 0.25) is 0 Å². The van der Waals surface area contributed by atoms with Crippen LogP contribution in [0.25, 0.3) is 0 Å². The largest absolute Gasteiger partial charge is 0.193 e. The first kappa shape index (κ1) is 9.43. The van der Waals surface area contributed by atoms with E-state index in [-0.39, 0.29) is 5.41 Å². The third-order valence-electron chi connectivity index (χ3n) is 3.26. The SMILES string of the molecule is CC[N+]1=C(C)C(C)(CC)C(C)=N1. The Morgan fingerprint density at radius 2 is 1.92 bits per heavy atom. The minimum absolute atomic E-state index is 0.218. The molecule has 1 unspecified atom stereocenters. The van der Waals surface area contributed by atoms with Crippen LogP contribution in [-0.4, -0.2) is 22.7 Å². The van der Waals surface area contributed by atoms with Gasteiger partial charge in [0.25, 0.3) is 0 Å². The molecule has 0 aromatic rings. The van der Waals surface area contributed by atoms with E-state index in [0.29, 0.717) is 0 Å². The lowest BCUT2D eigenvalue weighted by Gasteiger charge is -2.17. The first-order valence-electron chi connectivity index (χ1n) is 4.73. The molecule has 12 heavy (non-hydrogen) atoms. The smallest absolute Gasteiger partial charge is 0.0921 e. The Morgan fingerprint density at radius 1 is 1.33 bits per heavy atom. The normalized spacial score (nSPS) is 29.6. The molecule has 1 rings (SSSR count). The fraction of sp³-hybridized carbons (Fsp3) is 0.800. The zero-order chi connectivity index (χ0) is 9.35. The minimum Gasteiger partial charge on any atom is -0.0921 e. The number of hydrogen-bond acceptors (Lipinski definition) is 1. The Balaban J connectivity index is 3.08. The average Bonchev–Trinajstić information content (AvgIpc) is 2.30. The summed E-state index contributed by atoms with van der Waals surface area (Å²) < 4.78 is 2.11. The van der Waals surface area contributed by atoms with Gasteiger partial charge in [0.15, 0.2) is 12.3 Å². The maximum absolute atomic E-state index is 4.52. The van der Waals surface area contributed by atoms with E-state index in [1.54, 1.807) is 0 Å². The molecule has 0 bridgehead atoms. The van der Waals surface area contributed by atoms with E-state index in [0.717, 1.165) is 13.0 Å². The van der Waals surface area contributed by atoms with Crippen molar-refractivity contribution in [3.05, 3.63) is 0 Å². The second-order valence-electron chi connectivity index (χ2n) is 3.67. The molecular formula is C10H19N2+. The van der Waals surface area contributed by atoms with Crippen LogP contribution in [-0.2, 0) is 0 Å². The van der Waals surface area contributed by atoms with Crippen molar-refractivity contribution in [1.29, 1.82) is 0 Å². The van der Waals surface area contributed by atoms with Crippen LogP contribution in [0.1, 0.15) is 41.0 Å². The molecule has 0 fully saturated rings. The van der Waals surface area contributed by atoms with Crippen molar-refractivity contribution in [1.82, 2.24) is 0 Å². The van der Waals surface area contributed by atoms with Crippen LogP contribution in [0.5, 0.6) is 0 Å². The van der Waals surface area contributed by atoms with Crippen LogP contribution in [0, 0.1) is 5.41 Å².